The van der Waals surface area contributed by atoms with Crippen LogP contribution >= 0.6 is 0 Å². The first-order valence-corrected chi connectivity index (χ1v) is 1.47. The molecule has 1 rings (SSSR count). The number of rotatable bonds is 0. The highest BCUT2D eigenvalue weighted by molar-refractivity contribution is 4.99. The van der Waals surface area contributed by atoms with Crippen LogP contribution in [0.4, 0.5) is 0 Å². The molecule has 26 valence electrons. The van der Waals surface area contributed by atoms with E-state index in [1.54, 1.807) is 6.20 Å². The topological polar surface area (TPSA) is 24.7 Å². The van der Waals surface area contributed by atoms with Crippen LogP contribution in [0.25, 0.3) is 0 Å². The fourth-order valence-electron chi connectivity index (χ4n) is 0.173. The van der Waals surface area contributed by atoms with Crippen molar-refractivity contribution in [2.75, 3.05) is 0 Å². The van der Waals surface area contributed by atoms with E-state index in [4.69, 9.17) is 0 Å². The molecule has 1 aliphatic rings. The van der Waals surface area contributed by atoms with Gasteiger partial charge in [-0.25, -0.2) is 0 Å². The number of hydrogen-bond donors (Lipinski definition) is 0. The third kappa shape index (κ3) is 0.210. The Hall–Kier alpha value is -0.660. The molecule has 0 unspecified atom stereocenters. The lowest BCUT2D eigenvalue weighted by atomic mass is 10.5. The molecule has 5 heavy (non-hydrogen) atoms. The molecule has 2 nitrogen and oxygen atoms in total. The van der Waals surface area contributed by atoms with Crippen molar-refractivity contribution in [3.63, 3.8) is 0 Å². The molecule has 0 radical (unpaired) electrons. The lowest BCUT2D eigenvalue weighted by molar-refractivity contribution is 1.01. The predicted molar refractivity (Wildman–Crippen MR) is 18.6 cm³/mol. The van der Waals surface area contributed by atoms with Gasteiger partial charge in [0.15, 0.2) is 0 Å². The quantitative estimate of drug-likeness (QED) is 0.409. The maximum Gasteiger partial charge on any atom is 0.0800 e. The smallest absolute Gasteiger partial charge is 0.0800 e. The summed E-state index contributed by atoms with van der Waals surface area (Å²) >= 11 is 0. The maximum atomic E-state index is 3.56. The summed E-state index contributed by atoms with van der Waals surface area (Å²) < 4.78 is 0. The summed E-state index contributed by atoms with van der Waals surface area (Å²) in [6, 6.07) is 0. The van der Waals surface area contributed by atoms with Crippen LogP contribution in [0.3, 0.4) is 0 Å². The monoisotopic (exact) mass is 68.0 g/mol. The molecular weight excluding hydrogens is 64.0 g/mol. The van der Waals surface area contributed by atoms with Crippen molar-refractivity contribution in [2.45, 2.75) is 6.92 Å². The number of azo groups is 1. The van der Waals surface area contributed by atoms with E-state index >= 15 is 0 Å². The summed E-state index contributed by atoms with van der Waals surface area (Å²) in [6.07, 6.45) is 1.72. The Labute approximate surface area is 30.2 Å². The molecule has 0 aromatic heterocycles. The fourth-order valence-corrected chi connectivity index (χ4v) is 0.173. The zero-order chi connectivity index (χ0) is 3.70. The molecule has 0 atom stereocenters. The minimum absolute atomic E-state index is 1.02. The summed E-state index contributed by atoms with van der Waals surface area (Å²) in [4.78, 5) is 0. The molecule has 0 amide bonds. The van der Waals surface area contributed by atoms with Crippen LogP contribution in [0.5, 0.6) is 0 Å². The van der Waals surface area contributed by atoms with Gasteiger partial charge in [-0.3, -0.25) is 0 Å². The van der Waals surface area contributed by atoms with E-state index in [1.165, 1.54) is 0 Å². The van der Waals surface area contributed by atoms with E-state index in [-0.39, 0.29) is 0 Å². The van der Waals surface area contributed by atoms with E-state index in [9.17, 15) is 0 Å². The Morgan fingerprint density at radius 3 is 2.20 bits per heavy atom. The van der Waals surface area contributed by atoms with Crippen molar-refractivity contribution in [3.05, 3.63) is 11.9 Å². The van der Waals surface area contributed by atoms with E-state index < -0.39 is 0 Å². The minimum Gasteiger partial charge on any atom is -0.157 e. The lowest BCUT2D eigenvalue weighted by Gasteiger charge is -1.90. The summed E-state index contributed by atoms with van der Waals surface area (Å²) in [7, 11) is 0. The van der Waals surface area contributed by atoms with E-state index in [0.717, 1.165) is 5.70 Å². The first-order chi connectivity index (χ1) is 2.39. The van der Waals surface area contributed by atoms with Crippen LogP contribution in [0.2, 0.25) is 0 Å². The van der Waals surface area contributed by atoms with Gasteiger partial charge in [0, 0.05) is 0 Å². The van der Waals surface area contributed by atoms with Crippen LogP contribution in [0.1, 0.15) is 6.92 Å². The molecule has 0 aliphatic carbocycles. The molecule has 0 spiro atoms. The van der Waals surface area contributed by atoms with Gasteiger partial charge in [-0.2, -0.15) is 10.2 Å². The Morgan fingerprint density at radius 1 is 1.80 bits per heavy atom. The van der Waals surface area contributed by atoms with Crippen LogP contribution in [0.15, 0.2) is 22.1 Å². The zero-order valence-corrected chi connectivity index (χ0v) is 2.97. The number of hydrogen-bond acceptors (Lipinski definition) is 2. The lowest BCUT2D eigenvalue weighted by Crippen LogP contribution is -1.70. The molecule has 1 heterocycles. The Balaban J connectivity index is 2.60. The second-order valence-electron chi connectivity index (χ2n) is 0.986. The number of allylic oxidation sites excluding steroid dienone is 1. The average Bonchev–Trinajstić information content (AvgIpc) is 1.30. The van der Waals surface area contributed by atoms with Gasteiger partial charge in [0.05, 0.1) is 11.9 Å². The van der Waals surface area contributed by atoms with Crippen molar-refractivity contribution >= 4 is 0 Å². The highest BCUT2D eigenvalue weighted by Gasteiger charge is 1.86. The van der Waals surface area contributed by atoms with Gasteiger partial charge in [0.1, 0.15) is 0 Å². The largest absolute Gasteiger partial charge is 0.157 e. The summed E-state index contributed by atoms with van der Waals surface area (Å²) in [5.74, 6) is 0. The van der Waals surface area contributed by atoms with Gasteiger partial charge in [-0.15, -0.1) is 0 Å². The first kappa shape index (κ1) is 2.57. The Morgan fingerprint density at radius 2 is 2.20 bits per heavy atom. The summed E-state index contributed by atoms with van der Waals surface area (Å²) in [6.45, 7) is 1.91. The SMILES string of the molecule is CC1=CN=N1. The zero-order valence-electron chi connectivity index (χ0n) is 2.97. The second kappa shape index (κ2) is 0.641. The Kier molecular flexibility index (Phi) is 0.330. The molecule has 0 saturated heterocycles. The molecule has 0 aromatic carbocycles. The summed E-state index contributed by atoms with van der Waals surface area (Å²) in [5.41, 5.74) is 1.02. The van der Waals surface area contributed by atoms with Crippen molar-refractivity contribution in [1.29, 1.82) is 0 Å². The van der Waals surface area contributed by atoms with Gasteiger partial charge in [-0.05, 0) is 6.92 Å². The molecule has 2 heteroatoms. The average molecular weight is 68.1 g/mol. The van der Waals surface area contributed by atoms with Gasteiger partial charge in [-0.1, -0.05) is 0 Å². The van der Waals surface area contributed by atoms with Crippen molar-refractivity contribution in [2.24, 2.45) is 10.2 Å². The highest BCUT2D eigenvalue weighted by atomic mass is 15.2. The van der Waals surface area contributed by atoms with Crippen LogP contribution in [0, 0.1) is 0 Å². The van der Waals surface area contributed by atoms with Gasteiger partial charge >= 0.3 is 0 Å². The maximum absolute atomic E-state index is 3.56. The fraction of sp³-hybridized carbons (Fsp3) is 0.333. The third-order valence-electron chi connectivity index (χ3n) is 0.460. The van der Waals surface area contributed by atoms with Crippen molar-refractivity contribution in [3.8, 4) is 0 Å². The number of nitrogens with zero attached hydrogens (tertiary/aromatic N) is 2. The Bertz CT molecular complexity index is 91.1. The van der Waals surface area contributed by atoms with Crippen molar-refractivity contribution in [1.82, 2.24) is 0 Å². The molecule has 0 fully saturated rings. The summed E-state index contributed by atoms with van der Waals surface area (Å²) in [5, 5.41) is 7.02. The molecule has 0 N–H and O–H groups in total. The molecular formula is C3H4N2. The van der Waals surface area contributed by atoms with E-state index in [2.05, 4.69) is 10.2 Å². The second-order valence-corrected chi connectivity index (χ2v) is 0.986. The van der Waals surface area contributed by atoms with Crippen molar-refractivity contribution < 1.29 is 0 Å². The molecule has 0 aromatic rings. The van der Waals surface area contributed by atoms with E-state index in [0.29, 0.717) is 0 Å². The minimum atomic E-state index is 1.02. The van der Waals surface area contributed by atoms with Crippen LogP contribution < -0.4 is 0 Å². The molecule has 0 bridgehead atoms. The van der Waals surface area contributed by atoms with Gasteiger partial charge in [0.2, 0.25) is 0 Å². The van der Waals surface area contributed by atoms with Gasteiger partial charge in [0.25, 0.3) is 0 Å². The standard InChI is InChI=1S/C3H4N2/c1-3-2-4-5-3/h2H,1H3. The first-order valence-electron chi connectivity index (χ1n) is 1.47. The highest BCUT2D eigenvalue weighted by Crippen LogP contribution is 2.04. The van der Waals surface area contributed by atoms with Crippen LogP contribution in [-0.2, 0) is 0 Å². The molecule has 0 saturated carbocycles. The molecule has 1 aliphatic heterocycles. The van der Waals surface area contributed by atoms with Gasteiger partial charge < -0.3 is 0 Å². The third-order valence-corrected chi connectivity index (χ3v) is 0.460. The normalized spacial score (nSPS) is 17.4. The van der Waals surface area contributed by atoms with E-state index in [1.807, 2.05) is 6.92 Å². The predicted octanol–water partition coefficient (Wildman–Crippen LogP) is 1.31. The van der Waals surface area contributed by atoms with Crippen LogP contribution in [-0.4, -0.2) is 0 Å².